The van der Waals surface area contributed by atoms with Crippen LogP contribution < -0.4 is 0 Å². The van der Waals surface area contributed by atoms with Crippen LogP contribution >= 0.6 is 0 Å². The smallest absolute Gasteiger partial charge is 0.300 e. The van der Waals surface area contributed by atoms with E-state index in [1.165, 1.54) is 77.0 Å². The molecule has 0 aromatic heterocycles. The Morgan fingerprint density at radius 2 is 1.10 bits per heavy atom. The van der Waals surface area contributed by atoms with Crippen molar-refractivity contribution in [1.29, 1.82) is 0 Å². The molecule has 0 radical (unpaired) electrons. The summed E-state index contributed by atoms with van der Waals surface area (Å²) in [4.78, 5) is 9.00. The van der Waals surface area contributed by atoms with Crippen LogP contribution in [0.5, 0.6) is 0 Å². The summed E-state index contributed by atoms with van der Waals surface area (Å²) < 4.78 is 0. The van der Waals surface area contributed by atoms with Crippen LogP contribution in [0.4, 0.5) is 0 Å². The molecule has 0 spiro atoms. The Bertz CT molecular complexity index is 205. The van der Waals surface area contributed by atoms with E-state index in [4.69, 9.17) is 9.90 Å². The SMILES string of the molecule is CC(=O)O.CCCCC=CCCCCCCCCCC. The van der Waals surface area contributed by atoms with Crippen LogP contribution in [-0.2, 0) is 4.79 Å². The maximum Gasteiger partial charge on any atom is 0.300 e. The van der Waals surface area contributed by atoms with Crippen LogP contribution in [0.2, 0.25) is 0 Å². The molecule has 120 valence electrons. The molecular weight excluding hydrogens is 248 g/mol. The molecule has 0 saturated heterocycles. The zero-order valence-electron chi connectivity index (χ0n) is 14.0. The summed E-state index contributed by atoms with van der Waals surface area (Å²) in [5.41, 5.74) is 0. The lowest BCUT2D eigenvalue weighted by Crippen LogP contribution is -1.80. The lowest BCUT2D eigenvalue weighted by molar-refractivity contribution is -0.134. The molecule has 20 heavy (non-hydrogen) atoms. The highest BCUT2D eigenvalue weighted by atomic mass is 16.4. The van der Waals surface area contributed by atoms with E-state index in [0.717, 1.165) is 6.92 Å². The topological polar surface area (TPSA) is 37.3 Å². The number of carbonyl (C=O) groups is 1. The number of hydrogen-bond donors (Lipinski definition) is 1. The van der Waals surface area contributed by atoms with Gasteiger partial charge in [0, 0.05) is 6.92 Å². The zero-order valence-corrected chi connectivity index (χ0v) is 14.0. The predicted octanol–water partition coefficient (Wildman–Crippen LogP) is 6.35. The van der Waals surface area contributed by atoms with E-state index in [2.05, 4.69) is 26.0 Å². The summed E-state index contributed by atoms with van der Waals surface area (Å²) in [6.45, 7) is 5.62. The van der Waals surface area contributed by atoms with Crippen LogP contribution in [0, 0.1) is 0 Å². The molecule has 0 saturated carbocycles. The maximum absolute atomic E-state index is 9.00. The van der Waals surface area contributed by atoms with Gasteiger partial charge in [0.2, 0.25) is 0 Å². The predicted molar refractivity (Wildman–Crippen MR) is 89.2 cm³/mol. The second-order valence-corrected chi connectivity index (χ2v) is 5.40. The number of carboxylic acid groups (broad SMARTS) is 1. The summed E-state index contributed by atoms with van der Waals surface area (Å²) in [6, 6.07) is 0. The van der Waals surface area contributed by atoms with Gasteiger partial charge in [0.15, 0.2) is 0 Å². The van der Waals surface area contributed by atoms with Gasteiger partial charge in [-0.05, 0) is 19.3 Å². The molecule has 0 fully saturated rings. The molecule has 1 N–H and O–H groups in total. The van der Waals surface area contributed by atoms with Crippen LogP contribution in [0.3, 0.4) is 0 Å². The fourth-order valence-corrected chi connectivity index (χ4v) is 1.95. The quantitative estimate of drug-likeness (QED) is 0.334. The van der Waals surface area contributed by atoms with Crippen molar-refractivity contribution in [3.63, 3.8) is 0 Å². The first-order valence-corrected chi connectivity index (χ1v) is 8.49. The standard InChI is InChI=1S/C16H32.C2H4O2/c1-3-5-7-9-11-13-15-16-14-12-10-8-6-4-2;1-2(3)4/h9,11H,3-8,10,12-16H2,1-2H3;1H3,(H,3,4). The Kier molecular flexibility index (Phi) is 22.1. The number of rotatable bonds is 12. The van der Waals surface area contributed by atoms with E-state index in [1.54, 1.807) is 0 Å². The minimum Gasteiger partial charge on any atom is -0.481 e. The van der Waals surface area contributed by atoms with E-state index in [0.29, 0.717) is 0 Å². The Morgan fingerprint density at radius 3 is 1.55 bits per heavy atom. The third-order valence-electron chi connectivity index (χ3n) is 3.12. The Hall–Kier alpha value is -0.790. The Labute approximate surface area is 126 Å². The van der Waals surface area contributed by atoms with Gasteiger partial charge < -0.3 is 5.11 Å². The second-order valence-electron chi connectivity index (χ2n) is 5.40. The van der Waals surface area contributed by atoms with Crippen molar-refractivity contribution in [1.82, 2.24) is 0 Å². The molecule has 0 aliphatic carbocycles. The number of carboxylic acids is 1. The van der Waals surface area contributed by atoms with Crippen molar-refractivity contribution in [2.75, 3.05) is 0 Å². The fourth-order valence-electron chi connectivity index (χ4n) is 1.95. The number of aliphatic carboxylic acids is 1. The molecule has 0 bridgehead atoms. The minimum atomic E-state index is -0.833. The normalized spacial score (nSPS) is 10.3. The molecule has 0 unspecified atom stereocenters. The fraction of sp³-hybridized carbons (Fsp3) is 0.833. The first-order chi connectivity index (χ1) is 9.65. The van der Waals surface area contributed by atoms with Gasteiger partial charge in [-0.25, -0.2) is 0 Å². The molecule has 2 heteroatoms. The van der Waals surface area contributed by atoms with Crippen molar-refractivity contribution in [2.24, 2.45) is 0 Å². The van der Waals surface area contributed by atoms with Gasteiger partial charge in [0.1, 0.15) is 0 Å². The number of unbranched alkanes of at least 4 members (excludes halogenated alkanes) is 10. The van der Waals surface area contributed by atoms with Crippen LogP contribution in [0.1, 0.15) is 97.8 Å². The molecule has 0 aromatic rings. The highest BCUT2D eigenvalue weighted by molar-refractivity contribution is 5.62. The highest BCUT2D eigenvalue weighted by Crippen LogP contribution is 2.09. The first kappa shape index (κ1) is 21.5. The first-order valence-electron chi connectivity index (χ1n) is 8.49. The van der Waals surface area contributed by atoms with Gasteiger partial charge >= 0.3 is 0 Å². The average molecular weight is 284 g/mol. The van der Waals surface area contributed by atoms with Crippen molar-refractivity contribution in [3.05, 3.63) is 12.2 Å². The van der Waals surface area contributed by atoms with Crippen molar-refractivity contribution < 1.29 is 9.90 Å². The summed E-state index contributed by atoms with van der Waals surface area (Å²) >= 11 is 0. The van der Waals surface area contributed by atoms with Crippen molar-refractivity contribution >= 4 is 5.97 Å². The molecule has 0 amide bonds. The summed E-state index contributed by atoms with van der Waals surface area (Å²) in [6.07, 6.45) is 21.5. The maximum atomic E-state index is 9.00. The largest absolute Gasteiger partial charge is 0.481 e. The van der Waals surface area contributed by atoms with Gasteiger partial charge in [-0.2, -0.15) is 0 Å². The number of allylic oxidation sites excluding steroid dienone is 2. The Balaban J connectivity index is 0. The van der Waals surface area contributed by atoms with E-state index < -0.39 is 5.97 Å². The molecule has 0 rings (SSSR count). The van der Waals surface area contributed by atoms with E-state index in [9.17, 15) is 0 Å². The molecule has 2 nitrogen and oxygen atoms in total. The lowest BCUT2D eigenvalue weighted by Gasteiger charge is -1.99. The van der Waals surface area contributed by atoms with Gasteiger partial charge in [0.05, 0.1) is 0 Å². The minimum absolute atomic E-state index is 0.833. The average Bonchev–Trinajstić information content (AvgIpc) is 2.39. The summed E-state index contributed by atoms with van der Waals surface area (Å²) in [7, 11) is 0. The highest BCUT2D eigenvalue weighted by Gasteiger charge is 1.90. The van der Waals surface area contributed by atoms with Gasteiger partial charge in [-0.3, -0.25) is 4.79 Å². The van der Waals surface area contributed by atoms with Gasteiger partial charge in [0.25, 0.3) is 5.97 Å². The van der Waals surface area contributed by atoms with Crippen LogP contribution in [0.15, 0.2) is 12.2 Å². The van der Waals surface area contributed by atoms with Gasteiger partial charge in [-0.15, -0.1) is 0 Å². The molecule has 0 aliphatic heterocycles. The van der Waals surface area contributed by atoms with Crippen molar-refractivity contribution in [2.45, 2.75) is 97.8 Å². The van der Waals surface area contributed by atoms with E-state index in [-0.39, 0.29) is 0 Å². The van der Waals surface area contributed by atoms with E-state index >= 15 is 0 Å². The summed E-state index contributed by atoms with van der Waals surface area (Å²) in [5.74, 6) is -0.833. The monoisotopic (exact) mass is 284 g/mol. The number of hydrogen-bond acceptors (Lipinski definition) is 1. The van der Waals surface area contributed by atoms with E-state index in [1.807, 2.05) is 0 Å². The third kappa shape index (κ3) is 30.3. The molecule has 0 aromatic carbocycles. The second kappa shape index (κ2) is 20.5. The Morgan fingerprint density at radius 1 is 0.750 bits per heavy atom. The third-order valence-corrected chi connectivity index (χ3v) is 3.12. The lowest BCUT2D eigenvalue weighted by atomic mass is 10.1. The molecule has 0 aliphatic rings. The zero-order chi connectivity index (χ0) is 15.5. The van der Waals surface area contributed by atoms with Crippen LogP contribution in [-0.4, -0.2) is 11.1 Å². The van der Waals surface area contributed by atoms with Crippen LogP contribution in [0.25, 0.3) is 0 Å². The molecule has 0 atom stereocenters. The van der Waals surface area contributed by atoms with Gasteiger partial charge in [-0.1, -0.05) is 83.8 Å². The van der Waals surface area contributed by atoms with Crippen molar-refractivity contribution in [3.8, 4) is 0 Å². The molecule has 0 heterocycles. The summed E-state index contributed by atoms with van der Waals surface area (Å²) in [5, 5.41) is 7.42. The molecular formula is C18H36O2.